The van der Waals surface area contributed by atoms with Crippen LogP contribution in [0.2, 0.25) is 0 Å². The highest BCUT2D eigenvalue weighted by Gasteiger charge is 2.33. The third-order valence-corrected chi connectivity index (χ3v) is 7.08. The van der Waals surface area contributed by atoms with Crippen LogP contribution in [0, 0.1) is 13.8 Å². The minimum Gasteiger partial charge on any atom is -0.340 e. The van der Waals surface area contributed by atoms with Crippen LogP contribution in [0.15, 0.2) is 48.0 Å². The van der Waals surface area contributed by atoms with Crippen molar-refractivity contribution >= 4 is 21.5 Å². The molecule has 0 aliphatic carbocycles. The molecule has 1 aliphatic heterocycles. The standard InChI is InChI=1S/C21H26N6O2S/c1-15-6-4-8-22-21(15)25-18-10-16(2)24-19(11-18)17-7-5-9-27(12-17)30(28,29)20-13-26(3)14-23-20/h4,6,8,10-11,13-14,17H,5,7,9,12H2,1-3H3,(H,22,24,25)/t17-/m0/s1. The van der Waals surface area contributed by atoms with Crippen LogP contribution < -0.4 is 5.32 Å². The summed E-state index contributed by atoms with van der Waals surface area (Å²) in [5.41, 5.74) is 3.74. The Hall–Kier alpha value is -2.78. The van der Waals surface area contributed by atoms with Gasteiger partial charge in [-0.15, -0.1) is 0 Å². The van der Waals surface area contributed by atoms with Gasteiger partial charge in [0.1, 0.15) is 5.82 Å². The van der Waals surface area contributed by atoms with Gasteiger partial charge in [-0.1, -0.05) is 6.07 Å². The van der Waals surface area contributed by atoms with E-state index in [9.17, 15) is 8.42 Å². The van der Waals surface area contributed by atoms with Gasteiger partial charge in [0.15, 0.2) is 5.03 Å². The van der Waals surface area contributed by atoms with E-state index in [1.165, 1.54) is 10.6 Å². The van der Waals surface area contributed by atoms with Crippen LogP contribution in [-0.2, 0) is 17.1 Å². The molecule has 0 radical (unpaired) electrons. The number of piperidine rings is 1. The molecule has 3 aromatic rings. The first-order valence-corrected chi connectivity index (χ1v) is 11.4. The number of anilines is 2. The highest BCUT2D eigenvalue weighted by atomic mass is 32.2. The van der Waals surface area contributed by atoms with E-state index in [1.807, 2.05) is 38.1 Å². The Balaban J connectivity index is 1.58. The fraction of sp³-hybridized carbons (Fsp3) is 0.381. The summed E-state index contributed by atoms with van der Waals surface area (Å²) in [6.07, 6.45) is 6.49. The highest BCUT2D eigenvalue weighted by Crippen LogP contribution is 2.31. The fourth-order valence-corrected chi connectivity index (χ4v) is 5.28. The zero-order valence-corrected chi connectivity index (χ0v) is 18.2. The minimum atomic E-state index is -3.61. The van der Waals surface area contributed by atoms with Crippen molar-refractivity contribution in [2.45, 2.75) is 37.6 Å². The lowest BCUT2D eigenvalue weighted by Crippen LogP contribution is -2.39. The highest BCUT2D eigenvalue weighted by molar-refractivity contribution is 7.89. The predicted molar refractivity (Wildman–Crippen MR) is 115 cm³/mol. The van der Waals surface area contributed by atoms with Crippen molar-refractivity contribution in [1.82, 2.24) is 23.8 Å². The van der Waals surface area contributed by atoms with Gasteiger partial charge in [0.25, 0.3) is 10.0 Å². The molecule has 0 amide bonds. The van der Waals surface area contributed by atoms with E-state index in [2.05, 4.69) is 15.3 Å². The van der Waals surface area contributed by atoms with Gasteiger partial charge < -0.3 is 9.88 Å². The van der Waals surface area contributed by atoms with Crippen molar-refractivity contribution < 1.29 is 8.42 Å². The van der Waals surface area contributed by atoms with Crippen LogP contribution in [0.25, 0.3) is 0 Å². The second-order valence-electron chi connectivity index (χ2n) is 7.80. The van der Waals surface area contributed by atoms with E-state index >= 15 is 0 Å². The molecule has 4 heterocycles. The second-order valence-corrected chi connectivity index (χ2v) is 9.68. The van der Waals surface area contributed by atoms with Crippen LogP contribution in [0.5, 0.6) is 0 Å². The predicted octanol–water partition coefficient (Wildman–Crippen LogP) is 3.14. The Kier molecular flexibility index (Phi) is 5.57. The summed E-state index contributed by atoms with van der Waals surface area (Å²) in [7, 11) is -1.85. The first-order valence-electron chi connectivity index (χ1n) is 9.98. The number of nitrogens with zero attached hydrogens (tertiary/aromatic N) is 5. The Labute approximate surface area is 177 Å². The van der Waals surface area contributed by atoms with Crippen LogP contribution in [0.3, 0.4) is 0 Å². The number of nitrogens with one attached hydrogen (secondary N) is 1. The molecule has 0 bridgehead atoms. The lowest BCUT2D eigenvalue weighted by molar-refractivity contribution is 0.312. The van der Waals surface area contributed by atoms with Crippen molar-refractivity contribution in [3.05, 3.63) is 59.9 Å². The summed E-state index contributed by atoms with van der Waals surface area (Å²) in [5.74, 6) is 0.833. The molecule has 0 aromatic carbocycles. The van der Waals surface area contributed by atoms with Crippen molar-refractivity contribution in [2.75, 3.05) is 18.4 Å². The van der Waals surface area contributed by atoms with E-state index in [0.29, 0.717) is 13.1 Å². The van der Waals surface area contributed by atoms with Gasteiger partial charge in [-0.2, -0.15) is 4.31 Å². The summed E-state index contributed by atoms with van der Waals surface area (Å²) in [4.78, 5) is 13.2. The third kappa shape index (κ3) is 4.22. The van der Waals surface area contributed by atoms with E-state index in [-0.39, 0.29) is 10.9 Å². The molecule has 1 fully saturated rings. The van der Waals surface area contributed by atoms with Crippen molar-refractivity contribution in [3.63, 3.8) is 0 Å². The number of sulfonamides is 1. The maximum atomic E-state index is 13.0. The van der Waals surface area contributed by atoms with E-state index in [0.717, 1.165) is 41.3 Å². The maximum absolute atomic E-state index is 13.0. The average molecular weight is 427 g/mol. The number of imidazole rings is 1. The lowest BCUT2D eigenvalue weighted by Gasteiger charge is -2.31. The number of hydrogen-bond acceptors (Lipinski definition) is 6. The molecule has 1 aliphatic rings. The number of rotatable bonds is 5. The summed E-state index contributed by atoms with van der Waals surface area (Å²) in [6.45, 7) is 4.86. The van der Waals surface area contributed by atoms with Gasteiger partial charge in [-0.3, -0.25) is 4.98 Å². The molecular weight excluding hydrogens is 400 g/mol. The molecule has 0 spiro atoms. The van der Waals surface area contributed by atoms with Gasteiger partial charge in [0.05, 0.1) is 6.33 Å². The molecule has 1 N–H and O–H groups in total. The van der Waals surface area contributed by atoms with Crippen LogP contribution >= 0.6 is 0 Å². The number of hydrogen-bond donors (Lipinski definition) is 1. The summed E-state index contributed by atoms with van der Waals surface area (Å²) in [5, 5.41) is 3.46. The van der Waals surface area contributed by atoms with Crippen LogP contribution in [0.4, 0.5) is 11.5 Å². The largest absolute Gasteiger partial charge is 0.340 e. The SMILES string of the molecule is Cc1cc(Nc2ncccc2C)cc([C@H]2CCCN(S(=O)(=O)c3cn(C)cn3)C2)n1. The van der Waals surface area contributed by atoms with Gasteiger partial charge >= 0.3 is 0 Å². The molecule has 1 saturated heterocycles. The minimum absolute atomic E-state index is 0.0301. The van der Waals surface area contributed by atoms with Gasteiger partial charge in [-0.05, 0) is 50.5 Å². The van der Waals surface area contributed by atoms with Crippen molar-refractivity contribution in [1.29, 1.82) is 0 Å². The normalized spacial score (nSPS) is 17.8. The lowest BCUT2D eigenvalue weighted by atomic mass is 9.95. The summed E-state index contributed by atoms with van der Waals surface area (Å²) < 4.78 is 29.2. The Morgan fingerprint density at radius 1 is 1.20 bits per heavy atom. The van der Waals surface area contributed by atoms with Gasteiger partial charge in [-0.25, -0.2) is 18.4 Å². The van der Waals surface area contributed by atoms with Gasteiger partial charge in [0.2, 0.25) is 0 Å². The molecule has 30 heavy (non-hydrogen) atoms. The van der Waals surface area contributed by atoms with E-state index < -0.39 is 10.0 Å². The summed E-state index contributed by atoms with van der Waals surface area (Å²) in [6, 6.07) is 7.89. The number of pyridine rings is 2. The Morgan fingerprint density at radius 2 is 2.03 bits per heavy atom. The first kappa shape index (κ1) is 20.5. The molecule has 0 saturated carbocycles. The Morgan fingerprint density at radius 3 is 2.77 bits per heavy atom. The van der Waals surface area contributed by atoms with Gasteiger partial charge in [0, 0.05) is 55.5 Å². The molecule has 0 unspecified atom stereocenters. The monoisotopic (exact) mass is 426 g/mol. The average Bonchev–Trinajstić information content (AvgIpc) is 3.17. The van der Waals surface area contributed by atoms with Crippen LogP contribution in [-0.4, -0.2) is 45.3 Å². The molecule has 4 rings (SSSR count). The number of aromatic nitrogens is 4. The molecule has 8 nitrogen and oxygen atoms in total. The Bertz CT molecular complexity index is 1160. The quantitative estimate of drug-likeness (QED) is 0.674. The molecule has 3 aromatic heterocycles. The van der Waals surface area contributed by atoms with Crippen molar-refractivity contribution in [2.24, 2.45) is 7.05 Å². The topological polar surface area (TPSA) is 93.0 Å². The summed E-state index contributed by atoms with van der Waals surface area (Å²) >= 11 is 0. The van der Waals surface area contributed by atoms with Crippen LogP contribution in [0.1, 0.15) is 35.7 Å². The number of aryl methyl sites for hydroxylation is 3. The first-order chi connectivity index (χ1) is 14.3. The zero-order chi connectivity index (χ0) is 21.3. The fourth-order valence-electron chi connectivity index (χ4n) is 3.79. The molecular formula is C21H26N6O2S. The smallest absolute Gasteiger partial charge is 0.262 e. The maximum Gasteiger partial charge on any atom is 0.262 e. The molecule has 158 valence electrons. The van der Waals surface area contributed by atoms with E-state index in [4.69, 9.17) is 4.98 Å². The molecule has 1 atom stereocenters. The third-order valence-electron chi connectivity index (χ3n) is 5.33. The molecule has 9 heteroatoms. The zero-order valence-electron chi connectivity index (χ0n) is 17.4. The second kappa shape index (κ2) is 8.16. The van der Waals surface area contributed by atoms with E-state index in [1.54, 1.807) is 24.0 Å². The van der Waals surface area contributed by atoms with Crippen molar-refractivity contribution in [3.8, 4) is 0 Å².